The van der Waals surface area contributed by atoms with Crippen molar-refractivity contribution in [3.63, 3.8) is 0 Å². The minimum absolute atomic E-state index is 0.0602. The monoisotopic (exact) mass is 308 g/mol. The van der Waals surface area contributed by atoms with Crippen molar-refractivity contribution in [2.24, 2.45) is 0 Å². The van der Waals surface area contributed by atoms with Crippen molar-refractivity contribution < 1.29 is 14.8 Å². The molecule has 1 amide bonds. The minimum Gasteiger partial charge on any atom is -0.389 e. The van der Waals surface area contributed by atoms with E-state index in [9.17, 15) is 20.0 Å². The summed E-state index contributed by atoms with van der Waals surface area (Å²) in [6.45, 7) is 9.00. The number of hydrogen-bond acceptors (Lipinski definition) is 4. The Hall–Kier alpha value is -1.95. The van der Waals surface area contributed by atoms with Gasteiger partial charge in [0.05, 0.1) is 10.5 Å². The van der Waals surface area contributed by atoms with Gasteiger partial charge >= 0.3 is 0 Å². The van der Waals surface area contributed by atoms with Crippen LogP contribution in [0.25, 0.3) is 0 Å². The Morgan fingerprint density at radius 1 is 1.27 bits per heavy atom. The summed E-state index contributed by atoms with van der Waals surface area (Å²) in [5.41, 5.74) is -0.648. The molecule has 0 bridgehead atoms. The Morgan fingerprint density at radius 3 is 2.23 bits per heavy atom. The fraction of sp³-hybridized carbons (Fsp3) is 0.562. The summed E-state index contributed by atoms with van der Waals surface area (Å²) in [5.74, 6) is -0.356. The van der Waals surface area contributed by atoms with Crippen LogP contribution in [0.4, 0.5) is 5.69 Å². The van der Waals surface area contributed by atoms with Crippen molar-refractivity contribution >= 4 is 11.6 Å². The molecule has 122 valence electrons. The highest BCUT2D eigenvalue weighted by atomic mass is 16.6. The highest BCUT2D eigenvalue weighted by molar-refractivity contribution is 5.95. The Morgan fingerprint density at radius 2 is 1.82 bits per heavy atom. The molecule has 0 saturated carbocycles. The van der Waals surface area contributed by atoms with Crippen molar-refractivity contribution in [2.75, 3.05) is 13.6 Å². The highest BCUT2D eigenvalue weighted by Gasteiger charge is 2.27. The van der Waals surface area contributed by atoms with Gasteiger partial charge in [-0.15, -0.1) is 0 Å². The van der Waals surface area contributed by atoms with E-state index in [0.717, 1.165) is 0 Å². The number of rotatable bonds is 4. The number of carbonyl (C=O) groups is 1. The highest BCUT2D eigenvalue weighted by Crippen LogP contribution is 2.32. The number of nitro groups is 1. The first-order valence-electron chi connectivity index (χ1n) is 7.10. The number of carbonyl (C=O) groups excluding carboxylic acids is 1. The number of nitrogens with zero attached hydrogens (tertiary/aromatic N) is 2. The van der Waals surface area contributed by atoms with Gasteiger partial charge in [0.15, 0.2) is 0 Å². The molecule has 1 aromatic rings. The van der Waals surface area contributed by atoms with Crippen LogP contribution in [0.1, 0.15) is 50.5 Å². The molecule has 6 nitrogen and oxygen atoms in total. The van der Waals surface area contributed by atoms with Crippen LogP contribution in [-0.2, 0) is 5.41 Å². The fourth-order valence-electron chi connectivity index (χ4n) is 2.32. The lowest BCUT2D eigenvalue weighted by molar-refractivity contribution is -0.386. The molecule has 0 heterocycles. The van der Waals surface area contributed by atoms with E-state index in [-0.39, 0.29) is 29.1 Å². The van der Waals surface area contributed by atoms with Crippen LogP contribution < -0.4 is 0 Å². The van der Waals surface area contributed by atoms with E-state index in [1.165, 1.54) is 11.0 Å². The van der Waals surface area contributed by atoms with Gasteiger partial charge in [0.25, 0.3) is 11.6 Å². The van der Waals surface area contributed by atoms with Crippen LogP contribution in [0.15, 0.2) is 18.2 Å². The molecule has 0 aliphatic rings. The summed E-state index contributed by atoms with van der Waals surface area (Å²) in [4.78, 5) is 24.5. The zero-order valence-corrected chi connectivity index (χ0v) is 14.0. The quantitative estimate of drug-likeness (QED) is 0.684. The molecule has 0 aromatic heterocycles. The molecule has 0 saturated heterocycles. The van der Waals surface area contributed by atoms with Gasteiger partial charge in [-0.25, -0.2) is 0 Å². The van der Waals surface area contributed by atoms with E-state index >= 15 is 0 Å². The zero-order valence-electron chi connectivity index (χ0n) is 14.0. The molecule has 0 atom stereocenters. The predicted octanol–water partition coefficient (Wildman–Crippen LogP) is 2.74. The largest absolute Gasteiger partial charge is 0.389 e. The summed E-state index contributed by atoms with van der Waals surface area (Å²) < 4.78 is 0. The average Bonchev–Trinajstić information content (AvgIpc) is 2.33. The third-order valence-electron chi connectivity index (χ3n) is 3.22. The normalized spacial score (nSPS) is 12.1. The number of likely N-dealkylation sites (N-methyl/N-ethyl adjacent to an activating group) is 1. The molecule has 1 N–H and O–H groups in total. The van der Waals surface area contributed by atoms with Gasteiger partial charge in [0.2, 0.25) is 0 Å². The van der Waals surface area contributed by atoms with E-state index in [2.05, 4.69) is 0 Å². The maximum absolute atomic E-state index is 12.4. The average molecular weight is 308 g/mol. The van der Waals surface area contributed by atoms with Crippen LogP contribution in [0, 0.1) is 10.1 Å². The van der Waals surface area contributed by atoms with Crippen molar-refractivity contribution in [3.8, 4) is 0 Å². The lowest BCUT2D eigenvalue weighted by atomic mass is 9.85. The number of nitro benzene ring substituents is 1. The molecule has 6 heteroatoms. The standard InChI is InChI=1S/C16H24N2O4/c1-15(2,3)12-8-7-11(9-13(12)18(21)22)14(19)17(6)10-16(4,5)20/h7-9,20H,10H2,1-6H3. The van der Waals surface area contributed by atoms with Gasteiger partial charge in [-0.3, -0.25) is 14.9 Å². The lowest BCUT2D eigenvalue weighted by Gasteiger charge is -2.26. The Bertz CT molecular complexity index is 583. The summed E-state index contributed by atoms with van der Waals surface area (Å²) in [6, 6.07) is 4.53. The van der Waals surface area contributed by atoms with E-state index < -0.39 is 10.5 Å². The molecular weight excluding hydrogens is 284 g/mol. The number of hydrogen-bond donors (Lipinski definition) is 1. The van der Waals surface area contributed by atoms with Crippen molar-refractivity contribution in [3.05, 3.63) is 39.4 Å². The van der Waals surface area contributed by atoms with E-state index in [4.69, 9.17) is 0 Å². The topological polar surface area (TPSA) is 83.7 Å². The smallest absolute Gasteiger partial charge is 0.273 e. The molecule has 0 aliphatic carbocycles. The molecule has 1 aromatic carbocycles. The Labute approximate surface area is 130 Å². The van der Waals surface area contributed by atoms with Crippen molar-refractivity contribution in [2.45, 2.75) is 45.6 Å². The van der Waals surface area contributed by atoms with Gasteiger partial charge in [-0.05, 0) is 25.3 Å². The Kier molecular flexibility index (Phi) is 4.97. The lowest BCUT2D eigenvalue weighted by Crippen LogP contribution is -2.39. The third kappa shape index (κ3) is 4.53. The van der Waals surface area contributed by atoms with Crippen LogP contribution >= 0.6 is 0 Å². The fourth-order valence-corrected chi connectivity index (χ4v) is 2.32. The summed E-state index contributed by atoms with van der Waals surface area (Å²) >= 11 is 0. The second-order valence-corrected chi connectivity index (χ2v) is 7.21. The number of aliphatic hydroxyl groups is 1. The molecule has 22 heavy (non-hydrogen) atoms. The summed E-state index contributed by atoms with van der Waals surface area (Å²) in [5, 5.41) is 21.1. The van der Waals surface area contributed by atoms with Gasteiger partial charge < -0.3 is 10.0 Å². The maximum Gasteiger partial charge on any atom is 0.273 e. The van der Waals surface area contributed by atoms with Crippen LogP contribution in [-0.4, -0.2) is 40.0 Å². The Balaban J connectivity index is 3.20. The van der Waals surface area contributed by atoms with Crippen molar-refractivity contribution in [1.82, 2.24) is 4.90 Å². The third-order valence-corrected chi connectivity index (χ3v) is 3.22. The SMILES string of the molecule is CN(CC(C)(C)O)C(=O)c1ccc(C(C)(C)C)c([N+](=O)[O-])c1. The molecule has 0 fully saturated rings. The molecule has 0 radical (unpaired) electrons. The van der Waals surface area contributed by atoms with E-state index in [1.54, 1.807) is 33.0 Å². The van der Waals surface area contributed by atoms with E-state index in [1.807, 2.05) is 20.8 Å². The molecular formula is C16H24N2O4. The first-order valence-corrected chi connectivity index (χ1v) is 7.10. The summed E-state index contributed by atoms with van der Waals surface area (Å²) in [7, 11) is 1.56. The second-order valence-electron chi connectivity index (χ2n) is 7.21. The molecule has 0 aliphatic heterocycles. The molecule has 1 rings (SSSR count). The number of benzene rings is 1. The van der Waals surface area contributed by atoms with Crippen LogP contribution in [0.3, 0.4) is 0 Å². The van der Waals surface area contributed by atoms with Gasteiger partial charge in [-0.2, -0.15) is 0 Å². The molecule has 0 spiro atoms. The predicted molar refractivity (Wildman–Crippen MR) is 85.1 cm³/mol. The number of amides is 1. The minimum atomic E-state index is -1.03. The zero-order chi connectivity index (χ0) is 17.3. The van der Waals surface area contributed by atoms with Gasteiger partial charge in [0.1, 0.15) is 0 Å². The van der Waals surface area contributed by atoms with Gasteiger partial charge in [0, 0.05) is 30.8 Å². The first kappa shape index (κ1) is 18.1. The van der Waals surface area contributed by atoms with Gasteiger partial charge in [-0.1, -0.05) is 26.8 Å². The van der Waals surface area contributed by atoms with Crippen LogP contribution in [0.5, 0.6) is 0 Å². The van der Waals surface area contributed by atoms with Crippen LogP contribution in [0.2, 0.25) is 0 Å². The summed E-state index contributed by atoms with van der Waals surface area (Å²) in [6.07, 6.45) is 0. The van der Waals surface area contributed by atoms with E-state index in [0.29, 0.717) is 5.56 Å². The van der Waals surface area contributed by atoms with Crippen molar-refractivity contribution in [1.29, 1.82) is 0 Å². The maximum atomic E-state index is 12.4. The molecule has 0 unspecified atom stereocenters. The first-order chi connectivity index (χ1) is 9.83. The second kappa shape index (κ2) is 6.04.